The first kappa shape index (κ1) is 17.4. The summed E-state index contributed by atoms with van der Waals surface area (Å²) in [5, 5.41) is 0. The van der Waals surface area contributed by atoms with E-state index in [4.69, 9.17) is 13.9 Å². The van der Waals surface area contributed by atoms with Crippen LogP contribution in [0.2, 0.25) is 0 Å². The quantitative estimate of drug-likeness (QED) is 0.809. The highest BCUT2D eigenvalue weighted by atomic mass is 32.2. The van der Waals surface area contributed by atoms with Crippen LogP contribution in [0.3, 0.4) is 0 Å². The third kappa shape index (κ3) is 3.51. The van der Waals surface area contributed by atoms with Crippen LogP contribution in [-0.2, 0) is 16.6 Å². The second-order valence-electron chi connectivity index (χ2n) is 5.25. The fraction of sp³-hybridized carbons (Fsp3) is 0.375. The Bertz CT molecular complexity index is 795. The lowest BCUT2D eigenvalue weighted by atomic mass is 10.2. The predicted molar refractivity (Wildman–Crippen MR) is 86.4 cm³/mol. The Labute approximate surface area is 136 Å². The minimum Gasteiger partial charge on any atom is -0.493 e. The minimum absolute atomic E-state index is 0.157. The summed E-state index contributed by atoms with van der Waals surface area (Å²) >= 11 is 0. The molecule has 0 atom stereocenters. The SMILES string of the molecule is COc1cc(C)c(S(=O)(=O)N(C)Cc2ccc(C)o2)cc1OC. The number of benzene rings is 1. The van der Waals surface area contributed by atoms with Crippen LogP contribution in [0, 0.1) is 13.8 Å². The Balaban J connectivity index is 2.38. The fourth-order valence-corrected chi connectivity index (χ4v) is 3.64. The highest BCUT2D eigenvalue weighted by Gasteiger charge is 2.25. The molecular weight excluding hydrogens is 318 g/mol. The van der Waals surface area contributed by atoms with E-state index in [0.29, 0.717) is 22.8 Å². The molecule has 2 rings (SSSR count). The van der Waals surface area contributed by atoms with Gasteiger partial charge in [-0.1, -0.05) is 0 Å². The van der Waals surface area contributed by atoms with Gasteiger partial charge in [-0.2, -0.15) is 4.31 Å². The zero-order valence-electron chi connectivity index (χ0n) is 13.9. The van der Waals surface area contributed by atoms with Crippen molar-refractivity contribution in [1.82, 2.24) is 4.31 Å². The lowest BCUT2D eigenvalue weighted by Crippen LogP contribution is -2.27. The van der Waals surface area contributed by atoms with Crippen LogP contribution < -0.4 is 9.47 Å². The molecule has 0 aliphatic rings. The van der Waals surface area contributed by atoms with Crippen molar-refractivity contribution >= 4 is 10.0 Å². The second kappa shape index (κ2) is 6.64. The molecule has 0 saturated carbocycles. The first-order valence-corrected chi connectivity index (χ1v) is 8.48. The molecule has 0 unspecified atom stereocenters. The van der Waals surface area contributed by atoms with Crippen LogP contribution in [0.5, 0.6) is 11.5 Å². The molecule has 0 aliphatic carbocycles. The first-order chi connectivity index (χ1) is 10.8. The van der Waals surface area contributed by atoms with Gasteiger partial charge >= 0.3 is 0 Å². The number of aryl methyl sites for hydroxylation is 2. The Morgan fingerprint density at radius 2 is 1.70 bits per heavy atom. The zero-order valence-corrected chi connectivity index (χ0v) is 14.7. The van der Waals surface area contributed by atoms with Crippen molar-refractivity contribution in [2.24, 2.45) is 0 Å². The van der Waals surface area contributed by atoms with Crippen molar-refractivity contribution in [3.63, 3.8) is 0 Å². The summed E-state index contributed by atoms with van der Waals surface area (Å²) in [7, 11) is 0.821. The summed E-state index contributed by atoms with van der Waals surface area (Å²) in [6, 6.07) is 6.70. The van der Waals surface area contributed by atoms with E-state index in [2.05, 4.69) is 0 Å². The number of nitrogens with zero attached hydrogens (tertiary/aromatic N) is 1. The summed E-state index contributed by atoms with van der Waals surface area (Å²) in [6.07, 6.45) is 0. The number of furan rings is 1. The molecule has 1 aromatic heterocycles. The molecule has 0 saturated heterocycles. The topological polar surface area (TPSA) is 69.0 Å². The third-order valence-corrected chi connectivity index (χ3v) is 5.49. The van der Waals surface area contributed by atoms with Crippen LogP contribution >= 0.6 is 0 Å². The molecule has 0 bridgehead atoms. The van der Waals surface area contributed by atoms with Crippen molar-refractivity contribution in [1.29, 1.82) is 0 Å². The number of hydrogen-bond acceptors (Lipinski definition) is 5. The zero-order chi connectivity index (χ0) is 17.2. The number of rotatable bonds is 6. The normalized spacial score (nSPS) is 11.7. The van der Waals surface area contributed by atoms with Gasteiger partial charge in [0.05, 0.1) is 25.7 Å². The highest BCUT2D eigenvalue weighted by molar-refractivity contribution is 7.89. The summed E-state index contributed by atoms with van der Waals surface area (Å²) in [6.45, 7) is 3.69. The maximum absolute atomic E-state index is 12.8. The summed E-state index contributed by atoms with van der Waals surface area (Å²) in [5.41, 5.74) is 0.588. The van der Waals surface area contributed by atoms with Gasteiger partial charge in [0.2, 0.25) is 10.0 Å². The lowest BCUT2D eigenvalue weighted by Gasteiger charge is -2.19. The molecule has 0 spiro atoms. The standard InChI is InChI=1S/C16H21NO5S/c1-11-8-14(20-4)15(21-5)9-16(11)23(18,19)17(3)10-13-7-6-12(2)22-13/h6-9H,10H2,1-5H3. The molecule has 0 fully saturated rings. The Morgan fingerprint density at radius 3 is 2.22 bits per heavy atom. The van der Waals surface area contributed by atoms with E-state index in [1.807, 2.05) is 6.92 Å². The maximum atomic E-state index is 12.8. The highest BCUT2D eigenvalue weighted by Crippen LogP contribution is 2.33. The lowest BCUT2D eigenvalue weighted by molar-refractivity contribution is 0.353. The fourth-order valence-electron chi connectivity index (χ4n) is 2.28. The maximum Gasteiger partial charge on any atom is 0.243 e. The number of methoxy groups -OCH3 is 2. The number of ether oxygens (including phenoxy) is 2. The van der Waals surface area contributed by atoms with Crippen molar-refractivity contribution in [3.05, 3.63) is 41.3 Å². The van der Waals surface area contributed by atoms with Gasteiger partial charge in [0.15, 0.2) is 11.5 Å². The van der Waals surface area contributed by atoms with Crippen molar-refractivity contribution in [2.75, 3.05) is 21.3 Å². The second-order valence-corrected chi connectivity index (χ2v) is 7.26. The van der Waals surface area contributed by atoms with E-state index in [-0.39, 0.29) is 11.4 Å². The van der Waals surface area contributed by atoms with Gasteiger partial charge in [0.25, 0.3) is 0 Å². The van der Waals surface area contributed by atoms with Crippen molar-refractivity contribution in [3.8, 4) is 11.5 Å². The monoisotopic (exact) mass is 339 g/mol. The number of hydrogen-bond donors (Lipinski definition) is 0. The van der Waals surface area contributed by atoms with Gasteiger partial charge in [-0.15, -0.1) is 0 Å². The Morgan fingerprint density at radius 1 is 1.09 bits per heavy atom. The molecule has 23 heavy (non-hydrogen) atoms. The van der Waals surface area contributed by atoms with Gasteiger partial charge in [0, 0.05) is 13.1 Å². The molecule has 0 aliphatic heterocycles. The minimum atomic E-state index is -3.68. The predicted octanol–water partition coefficient (Wildman–Crippen LogP) is 2.73. The van der Waals surface area contributed by atoms with Gasteiger partial charge in [-0.05, 0) is 37.6 Å². The molecule has 2 aromatic rings. The van der Waals surface area contributed by atoms with E-state index < -0.39 is 10.0 Å². The third-order valence-electron chi connectivity index (χ3n) is 3.54. The molecule has 1 heterocycles. The van der Waals surface area contributed by atoms with Crippen LogP contribution in [0.1, 0.15) is 17.1 Å². The van der Waals surface area contributed by atoms with Gasteiger partial charge in [-0.25, -0.2) is 8.42 Å². The van der Waals surface area contributed by atoms with E-state index in [1.54, 1.807) is 25.1 Å². The van der Waals surface area contributed by atoms with E-state index in [1.165, 1.54) is 31.6 Å². The molecule has 6 nitrogen and oxygen atoms in total. The van der Waals surface area contributed by atoms with Crippen LogP contribution in [0.4, 0.5) is 0 Å². The van der Waals surface area contributed by atoms with Gasteiger partial charge in [0.1, 0.15) is 11.5 Å². The average molecular weight is 339 g/mol. The number of sulfonamides is 1. The summed E-state index contributed by atoms with van der Waals surface area (Å²) in [4.78, 5) is 0.181. The summed E-state index contributed by atoms with van der Waals surface area (Å²) in [5.74, 6) is 2.20. The van der Waals surface area contributed by atoms with E-state index in [9.17, 15) is 8.42 Å². The molecule has 0 amide bonds. The first-order valence-electron chi connectivity index (χ1n) is 7.04. The largest absolute Gasteiger partial charge is 0.493 e. The molecule has 7 heteroatoms. The smallest absolute Gasteiger partial charge is 0.243 e. The van der Waals surface area contributed by atoms with Crippen molar-refractivity contribution < 1.29 is 22.3 Å². The molecule has 126 valence electrons. The average Bonchev–Trinajstić information content (AvgIpc) is 2.91. The van der Waals surface area contributed by atoms with E-state index in [0.717, 1.165) is 5.76 Å². The molecule has 0 radical (unpaired) electrons. The van der Waals surface area contributed by atoms with Gasteiger partial charge in [-0.3, -0.25) is 0 Å². The van der Waals surface area contributed by atoms with E-state index >= 15 is 0 Å². The van der Waals surface area contributed by atoms with Crippen LogP contribution in [0.25, 0.3) is 0 Å². The van der Waals surface area contributed by atoms with Gasteiger partial charge < -0.3 is 13.9 Å². The Hall–Kier alpha value is -1.99. The Kier molecular flexibility index (Phi) is 5.01. The van der Waals surface area contributed by atoms with Crippen LogP contribution in [0.15, 0.2) is 33.6 Å². The molecule has 1 aromatic carbocycles. The summed E-state index contributed by atoms with van der Waals surface area (Å²) < 4.78 is 42.7. The molecule has 0 N–H and O–H groups in total. The van der Waals surface area contributed by atoms with Crippen molar-refractivity contribution in [2.45, 2.75) is 25.3 Å². The molecular formula is C16H21NO5S. The van der Waals surface area contributed by atoms with Crippen LogP contribution in [-0.4, -0.2) is 34.0 Å².